The van der Waals surface area contributed by atoms with Gasteiger partial charge in [-0.05, 0) is 12.3 Å². The second kappa shape index (κ2) is 5.59. The topological polar surface area (TPSA) is 61.8 Å². The first-order valence-electron chi connectivity index (χ1n) is 7.41. The van der Waals surface area contributed by atoms with Crippen molar-refractivity contribution in [1.29, 1.82) is 0 Å². The Labute approximate surface area is 131 Å². The number of nitrogens with one attached hydrogen (secondary N) is 1. The summed E-state index contributed by atoms with van der Waals surface area (Å²) in [6, 6.07) is 0. The molecule has 1 fully saturated rings. The van der Waals surface area contributed by atoms with E-state index < -0.39 is 35.2 Å². The molecule has 0 amide bonds. The zero-order valence-corrected chi connectivity index (χ0v) is 12.7. The first-order chi connectivity index (χ1) is 10.8. The second-order valence-electron chi connectivity index (χ2n) is 6.11. The Morgan fingerprint density at radius 1 is 1.35 bits per heavy atom. The Hall–Kier alpha value is -1.96. The highest BCUT2D eigenvalue weighted by molar-refractivity contribution is 5.93. The lowest BCUT2D eigenvalue weighted by Gasteiger charge is -2.36. The van der Waals surface area contributed by atoms with Gasteiger partial charge in [-0.2, -0.15) is 0 Å². The molecule has 1 unspecified atom stereocenters. The quantitative estimate of drug-likeness (QED) is 0.831. The fourth-order valence-electron chi connectivity index (χ4n) is 2.98. The fraction of sp³-hybridized carbons (Fsp3) is 0.533. The van der Waals surface area contributed by atoms with Crippen molar-refractivity contribution in [3.63, 3.8) is 0 Å². The first-order valence-corrected chi connectivity index (χ1v) is 7.41. The third-order valence-corrected chi connectivity index (χ3v) is 4.25. The van der Waals surface area contributed by atoms with Crippen LogP contribution in [0.3, 0.4) is 0 Å². The summed E-state index contributed by atoms with van der Waals surface area (Å²) in [4.78, 5) is 12.6. The van der Waals surface area contributed by atoms with Crippen LogP contribution in [0, 0.1) is 23.4 Å². The molecule has 0 aliphatic carbocycles. The van der Waals surface area contributed by atoms with Crippen LogP contribution in [0.25, 0.3) is 0 Å². The van der Waals surface area contributed by atoms with Gasteiger partial charge in [-0.25, -0.2) is 18.0 Å². The molecule has 1 aromatic rings. The number of ether oxygens (including phenoxy) is 1. The number of aromatic carboxylic acids is 1. The summed E-state index contributed by atoms with van der Waals surface area (Å²) in [6.45, 7) is 4.58. The molecular formula is C15H17F3N2O3. The SMILES string of the molecule is CC(C)C1Nc2c(F)c(F)c(C(=O)O)c(F)c2N1C[C@@H]1CCO1. The number of halogens is 3. The van der Waals surface area contributed by atoms with Gasteiger partial charge in [-0.3, -0.25) is 0 Å². The van der Waals surface area contributed by atoms with Crippen molar-refractivity contribution >= 4 is 17.3 Å². The number of hydrogen-bond acceptors (Lipinski definition) is 4. The van der Waals surface area contributed by atoms with Gasteiger partial charge in [-0.15, -0.1) is 0 Å². The van der Waals surface area contributed by atoms with Crippen LogP contribution in [0.15, 0.2) is 0 Å². The maximum atomic E-state index is 14.6. The van der Waals surface area contributed by atoms with Gasteiger partial charge in [0, 0.05) is 13.2 Å². The van der Waals surface area contributed by atoms with E-state index >= 15 is 0 Å². The monoisotopic (exact) mass is 330 g/mol. The van der Waals surface area contributed by atoms with Crippen molar-refractivity contribution in [2.24, 2.45) is 5.92 Å². The predicted molar refractivity (Wildman–Crippen MR) is 77.2 cm³/mol. The van der Waals surface area contributed by atoms with Crippen molar-refractivity contribution in [3.8, 4) is 0 Å². The summed E-state index contributed by atoms with van der Waals surface area (Å²) < 4.78 is 48.1. The van der Waals surface area contributed by atoms with E-state index in [9.17, 15) is 18.0 Å². The molecule has 2 heterocycles. The molecule has 0 spiro atoms. The van der Waals surface area contributed by atoms with Gasteiger partial charge in [-0.1, -0.05) is 13.8 Å². The van der Waals surface area contributed by atoms with Crippen LogP contribution in [0.4, 0.5) is 24.5 Å². The first kappa shape index (κ1) is 15.9. The molecule has 0 saturated carbocycles. The van der Waals surface area contributed by atoms with Crippen LogP contribution in [0.5, 0.6) is 0 Å². The van der Waals surface area contributed by atoms with E-state index in [2.05, 4.69) is 5.32 Å². The average Bonchev–Trinajstić information content (AvgIpc) is 2.80. The predicted octanol–water partition coefficient (Wildman–Crippen LogP) is 2.81. The maximum Gasteiger partial charge on any atom is 0.341 e. The van der Waals surface area contributed by atoms with Gasteiger partial charge in [0.15, 0.2) is 17.5 Å². The fourth-order valence-corrected chi connectivity index (χ4v) is 2.98. The van der Waals surface area contributed by atoms with Gasteiger partial charge in [0.2, 0.25) is 0 Å². The molecule has 8 heteroatoms. The summed E-state index contributed by atoms with van der Waals surface area (Å²) in [5.74, 6) is -6.21. The van der Waals surface area contributed by atoms with Crippen molar-refractivity contribution in [1.82, 2.24) is 0 Å². The van der Waals surface area contributed by atoms with Crippen molar-refractivity contribution < 1.29 is 27.8 Å². The molecule has 2 N–H and O–H groups in total. The van der Waals surface area contributed by atoms with E-state index in [-0.39, 0.29) is 29.9 Å². The Bertz CT molecular complexity index is 662. The van der Waals surface area contributed by atoms with Gasteiger partial charge < -0.3 is 20.1 Å². The summed E-state index contributed by atoms with van der Waals surface area (Å²) in [5, 5.41) is 11.8. The Morgan fingerprint density at radius 2 is 2.00 bits per heavy atom. The molecule has 2 aliphatic heterocycles. The highest BCUT2D eigenvalue weighted by Crippen LogP contribution is 2.44. The van der Waals surface area contributed by atoms with E-state index in [0.29, 0.717) is 6.61 Å². The normalized spacial score (nSPS) is 22.8. The van der Waals surface area contributed by atoms with E-state index in [1.165, 1.54) is 4.90 Å². The van der Waals surface area contributed by atoms with E-state index in [1.807, 2.05) is 13.8 Å². The van der Waals surface area contributed by atoms with E-state index in [0.717, 1.165) is 6.42 Å². The highest BCUT2D eigenvalue weighted by atomic mass is 19.2. The molecule has 126 valence electrons. The van der Waals surface area contributed by atoms with Gasteiger partial charge in [0.05, 0.1) is 6.10 Å². The third kappa shape index (κ3) is 2.41. The molecular weight excluding hydrogens is 313 g/mol. The molecule has 0 aromatic heterocycles. The lowest BCUT2D eigenvalue weighted by molar-refractivity contribution is -0.0453. The number of rotatable bonds is 4. The van der Waals surface area contributed by atoms with Gasteiger partial charge >= 0.3 is 5.97 Å². The number of anilines is 2. The van der Waals surface area contributed by atoms with Crippen LogP contribution in [-0.4, -0.2) is 36.5 Å². The average molecular weight is 330 g/mol. The molecule has 3 rings (SSSR count). The lowest BCUT2D eigenvalue weighted by Crippen LogP contribution is -2.47. The molecule has 2 aliphatic rings. The third-order valence-electron chi connectivity index (χ3n) is 4.25. The number of nitrogens with zero attached hydrogens (tertiary/aromatic N) is 1. The maximum absolute atomic E-state index is 14.6. The summed E-state index contributed by atoms with van der Waals surface area (Å²) in [5.41, 5.74) is -1.84. The number of fused-ring (bicyclic) bond motifs is 1. The number of carbonyl (C=O) groups is 1. The highest BCUT2D eigenvalue weighted by Gasteiger charge is 2.41. The lowest BCUT2D eigenvalue weighted by atomic mass is 10.1. The molecule has 23 heavy (non-hydrogen) atoms. The minimum Gasteiger partial charge on any atom is -0.477 e. The Kier molecular flexibility index (Phi) is 3.87. The number of carboxylic acids is 1. The second-order valence-corrected chi connectivity index (χ2v) is 6.11. The van der Waals surface area contributed by atoms with Gasteiger partial charge in [0.25, 0.3) is 0 Å². The smallest absolute Gasteiger partial charge is 0.341 e. The van der Waals surface area contributed by atoms with Crippen molar-refractivity contribution in [2.75, 3.05) is 23.4 Å². The minimum absolute atomic E-state index is 0.0439. The van der Waals surface area contributed by atoms with E-state index in [4.69, 9.17) is 9.84 Å². The van der Waals surface area contributed by atoms with Crippen LogP contribution in [0.1, 0.15) is 30.6 Å². The molecule has 2 atom stereocenters. The van der Waals surface area contributed by atoms with E-state index in [1.54, 1.807) is 0 Å². The summed E-state index contributed by atoms with van der Waals surface area (Å²) in [7, 11) is 0. The van der Waals surface area contributed by atoms with Crippen LogP contribution in [0.2, 0.25) is 0 Å². The number of carboxylic acid groups (broad SMARTS) is 1. The summed E-state index contributed by atoms with van der Waals surface area (Å²) >= 11 is 0. The Morgan fingerprint density at radius 3 is 2.48 bits per heavy atom. The van der Waals surface area contributed by atoms with Crippen LogP contribution >= 0.6 is 0 Å². The number of benzene rings is 1. The summed E-state index contributed by atoms with van der Waals surface area (Å²) in [6.07, 6.45) is 0.180. The Balaban J connectivity index is 2.12. The minimum atomic E-state index is -1.84. The zero-order valence-electron chi connectivity index (χ0n) is 12.7. The largest absolute Gasteiger partial charge is 0.477 e. The van der Waals surface area contributed by atoms with Crippen molar-refractivity contribution in [2.45, 2.75) is 32.5 Å². The molecule has 5 nitrogen and oxygen atoms in total. The molecule has 0 radical (unpaired) electrons. The molecule has 0 bridgehead atoms. The molecule has 1 saturated heterocycles. The van der Waals surface area contributed by atoms with Crippen LogP contribution < -0.4 is 10.2 Å². The van der Waals surface area contributed by atoms with Crippen molar-refractivity contribution in [3.05, 3.63) is 23.0 Å². The van der Waals surface area contributed by atoms with Crippen LogP contribution in [-0.2, 0) is 4.74 Å². The molecule has 1 aromatic carbocycles. The zero-order chi connectivity index (χ0) is 16.9. The van der Waals surface area contributed by atoms with Gasteiger partial charge in [0.1, 0.15) is 23.1 Å². The number of hydrogen-bond donors (Lipinski definition) is 2. The standard InChI is InChI=1S/C15H17F3N2O3/c1-6(2)14-19-12-11(18)9(16)8(15(21)22)10(17)13(12)20(14)5-7-3-4-23-7/h6-7,14,19H,3-5H2,1-2H3,(H,21,22)/t7-,14?/m0/s1.